The molecule has 0 aliphatic carbocycles. The van der Waals surface area contributed by atoms with Crippen LogP contribution in [0.15, 0.2) is 24.3 Å². The summed E-state index contributed by atoms with van der Waals surface area (Å²) in [7, 11) is 1.70. The van der Waals surface area contributed by atoms with Crippen molar-refractivity contribution in [3.8, 4) is 0 Å². The number of nitrogens with one attached hydrogen (secondary N) is 1. The summed E-state index contributed by atoms with van der Waals surface area (Å²) < 4.78 is 19.0. The molecule has 2 fully saturated rings. The highest BCUT2D eigenvalue weighted by Gasteiger charge is 2.39. The minimum Gasteiger partial charge on any atom is -0.380 e. The smallest absolute Gasteiger partial charge is 0.220 e. The Morgan fingerprint density at radius 2 is 2.04 bits per heavy atom. The minimum atomic E-state index is -0.192. The topological polar surface area (TPSA) is 41.6 Å². The first kappa shape index (κ1) is 17.4. The number of piperidine rings is 1. The Kier molecular flexibility index (Phi) is 5.51. The Bertz CT molecular complexity index is 547. The van der Waals surface area contributed by atoms with Gasteiger partial charge >= 0.3 is 0 Å². The van der Waals surface area contributed by atoms with Crippen molar-refractivity contribution in [1.29, 1.82) is 0 Å². The first-order chi connectivity index (χ1) is 11.6. The highest BCUT2D eigenvalue weighted by molar-refractivity contribution is 5.75. The molecule has 1 aromatic rings. The summed E-state index contributed by atoms with van der Waals surface area (Å²) in [5, 5.41) is 2.71. The second kappa shape index (κ2) is 7.62. The van der Waals surface area contributed by atoms with E-state index >= 15 is 0 Å². The van der Waals surface area contributed by atoms with Crippen molar-refractivity contribution in [2.24, 2.45) is 5.92 Å². The van der Waals surface area contributed by atoms with Gasteiger partial charge in [-0.05, 0) is 56.0 Å². The average molecular weight is 334 g/mol. The number of ether oxygens (including phenoxy) is 1. The standard InChI is InChI=1S/C19H27FN2O2/c1-21-18(23)12-15-6-9-22(10-7-15)13-19(8-11-24-14-19)16-2-4-17(20)5-3-16/h2-5,15H,6-14H2,1H3,(H,21,23). The molecule has 2 aliphatic heterocycles. The summed E-state index contributed by atoms with van der Waals surface area (Å²) in [6.45, 7) is 4.46. The van der Waals surface area contributed by atoms with Gasteiger partial charge in [-0.25, -0.2) is 4.39 Å². The molecule has 0 aromatic heterocycles. The molecule has 2 heterocycles. The zero-order chi connectivity index (χ0) is 17.0. The second-order valence-electron chi connectivity index (χ2n) is 7.19. The second-order valence-corrected chi connectivity index (χ2v) is 7.19. The number of likely N-dealkylation sites (tertiary alicyclic amines) is 1. The van der Waals surface area contributed by atoms with E-state index in [1.54, 1.807) is 19.2 Å². The van der Waals surface area contributed by atoms with Gasteiger partial charge in [-0.15, -0.1) is 0 Å². The van der Waals surface area contributed by atoms with Crippen LogP contribution in [0.25, 0.3) is 0 Å². The Morgan fingerprint density at radius 3 is 2.62 bits per heavy atom. The molecule has 3 rings (SSSR count). The average Bonchev–Trinajstić information content (AvgIpc) is 3.07. The van der Waals surface area contributed by atoms with Crippen molar-refractivity contribution in [3.63, 3.8) is 0 Å². The van der Waals surface area contributed by atoms with Gasteiger partial charge in [0.25, 0.3) is 0 Å². The summed E-state index contributed by atoms with van der Waals surface area (Å²) in [6.07, 6.45) is 3.74. The van der Waals surface area contributed by atoms with Gasteiger partial charge in [0.05, 0.1) is 6.61 Å². The summed E-state index contributed by atoms with van der Waals surface area (Å²) >= 11 is 0. The molecular formula is C19H27FN2O2. The Morgan fingerprint density at radius 1 is 1.33 bits per heavy atom. The van der Waals surface area contributed by atoms with Crippen LogP contribution in [0.2, 0.25) is 0 Å². The van der Waals surface area contributed by atoms with Crippen molar-refractivity contribution < 1.29 is 13.9 Å². The van der Waals surface area contributed by atoms with Gasteiger partial charge in [-0.3, -0.25) is 4.79 Å². The highest BCUT2D eigenvalue weighted by atomic mass is 19.1. The lowest BCUT2D eigenvalue weighted by atomic mass is 9.78. The molecule has 0 spiro atoms. The maximum Gasteiger partial charge on any atom is 0.220 e. The number of hydrogen-bond donors (Lipinski definition) is 1. The van der Waals surface area contributed by atoms with E-state index < -0.39 is 0 Å². The van der Waals surface area contributed by atoms with E-state index in [2.05, 4.69) is 10.2 Å². The van der Waals surface area contributed by atoms with Crippen LogP contribution >= 0.6 is 0 Å². The van der Waals surface area contributed by atoms with Crippen LogP contribution in [-0.2, 0) is 14.9 Å². The number of carbonyl (C=O) groups is 1. The maximum absolute atomic E-state index is 13.3. The first-order valence-corrected chi connectivity index (χ1v) is 8.88. The third-order valence-electron chi connectivity index (χ3n) is 5.55. The van der Waals surface area contributed by atoms with Gasteiger partial charge in [0.15, 0.2) is 0 Å². The van der Waals surface area contributed by atoms with Crippen molar-refractivity contribution in [3.05, 3.63) is 35.6 Å². The van der Waals surface area contributed by atoms with Crippen LogP contribution < -0.4 is 5.32 Å². The number of rotatable bonds is 5. The van der Waals surface area contributed by atoms with Crippen molar-refractivity contribution in [2.45, 2.75) is 31.1 Å². The number of halogens is 1. The third kappa shape index (κ3) is 3.95. The molecule has 0 bridgehead atoms. The van der Waals surface area contributed by atoms with E-state index in [0.29, 0.717) is 18.9 Å². The maximum atomic E-state index is 13.3. The molecule has 4 nitrogen and oxygen atoms in total. The fraction of sp³-hybridized carbons (Fsp3) is 0.632. The zero-order valence-electron chi connectivity index (χ0n) is 14.4. The number of nitrogens with zero attached hydrogens (tertiary/aromatic N) is 1. The lowest BCUT2D eigenvalue weighted by Crippen LogP contribution is -2.45. The minimum absolute atomic E-state index is 0.0265. The molecule has 1 atom stereocenters. The molecular weight excluding hydrogens is 307 g/mol. The molecule has 1 unspecified atom stereocenters. The van der Waals surface area contributed by atoms with E-state index in [1.807, 2.05) is 12.1 Å². The van der Waals surface area contributed by atoms with Crippen LogP contribution in [-0.4, -0.2) is 50.7 Å². The molecule has 2 aliphatic rings. The Hall–Kier alpha value is -1.46. The molecule has 1 amide bonds. The van der Waals surface area contributed by atoms with Crippen LogP contribution in [0.5, 0.6) is 0 Å². The molecule has 0 saturated carbocycles. The monoisotopic (exact) mass is 334 g/mol. The zero-order valence-corrected chi connectivity index (χ0v) is 14.4. The number of hydrogen-bond acceptors (Lipinski definition) is 3. The summed E-state index contributed by atoms with van der Waals surface area (Å²) in [4.78, 5) is 14.0. The van der Waals surface area contributed by atoms with Gasteiger partial charge < -0.3 is 15.0 Å². The molecule has 132 valence electrons. The summed E-state index contributed by atoms with van der Waals surface area (Å²) in [5.74, 6) is 0.436. The lowest BCUT2D eigenvalue weighted by Gasteiger charge is -2.38. The summed E-state index contributed by atoms with van der Waals surface area (Å²) in [5.41, 5.74) is 1.15. The van der Waals surface area contributed by atoms with Gasteiger partial charge in [0.2, 0.25) is 5.91 Å². The molecule has 0 radical (unpaired) electrons. The van der Waals surface area contributed by atoms with E-state index in [-0.39, 0.29) is 17.1 Å². The largest absolute Gasteiger partial charge is 0.380 e. The van der Waals surface area contributed by atoms with Crippen LogP contribution in [0, 0.1) is 11.7 Å². The third-order valence-corrected chi connectivity index (χ3v) is 5.55. The van der Waals surface area contributed by atoms with Gasteiger partial charge in [0, 0.05) is 32.0 Å². The summed E-state index contributed by atoms with van der Waals surface area (Å²) in [6, 6.07) is 6.90. The molecule has 24 heavy (non-hydrogen) atoms. The fourth-order valence-electron chi connectivity index (χ4n) is 4.00. The molecule has 2 saturated heterocycles. The normalized spacial score (nSPS) is 25.8. The van der Waals surface area contributed by atoms with Crippen LogP contribution in [0.1, 0.15) is 31.2 Å². The Labute approximate surface area is 143 Å². The van der Waals surface area contributed by atoms with Gasteiger partial charge in [-0.2, -0.15) is 0 Å². The van der Waals surface area contributed by atoms with Crippen molar-refractivity contribution in [1.82, 2.24) is 10.2 Å². The predicted molar refractivity (Wildman–Crippen MR) is 91.4 cm³/mol. The van der Waals surface area contributed by atoms with Crippen molar-refractivity contribution in [2.75, 3.05) is 39.9 Å². The highest BCUT2D eigenvalue weighted by Crippen LogP contribution is 2.35. The molecule has 1 N–H and O–H groups in total. The fourth-order valence-corrected chi connectivity index (χ4v) is 4.00. The predicted octanol–water partition coefficient (Wildman–Crippen LogP) is 2.33. The molecule has 1 aromatic carbocycles. The van der Waals surface area contributed by atoms with Gasteiger partial charge in [0.1, 0.15) is 5.82 Å². The number of amides is 1. The lowest BCUT2D eigenvalue weighted by molar-refractivity contribution is -0.121. The van der Waals surface area contributed by atoms with E-state index in [4.69, 9.17) is 4.74 Å². The van der Waals surface area contributed by atoms with Crippen molar-refractivity contribution >= 4 is 5.91 Å². The van der Waals surface area contributed by atoms with E-state index in [1.165, 1.54) is 5.56 Å². The van der Waals surface area contributed by atoms with Crippen LogP contribution in [0.4, 0.5) is 4.39 Å². The first-order valence-electron chi connectivity index (χ1n) is 8.88. The number of carbonyl (C=O) groups excluding carboxylic acids is 1. The quantitative estimate of drug-likeness (QED) is 0.899. The van der Waals surface area contributed by atoms with E-state index in [9.17, 15) is 9.18 Å². The van der Waals surface area contributed by atoms with E-state index in [0.717, 1.165) is 45.5 Å². The molecule has 5 heteroatoms. The number of benzene rings is 1. The SMILES string of the molecule is CNC(=O)CC1CCN(CC2(c3ccc(F)cc3)CCOC2)CC1. The van der Waals surface area contributed by atoms with Gasteiger partial charge in [-0.1, -0.05) is 12.1 Å². The Balaban J connectivity index is 1.61. The van der Waals surface area contributed by atoms with Crippen LogP contribution in [0.3, 0.4) is 0 Å².